The maximum Gasteiger partial charge on any atom is 0.260 e. The molecule has 3 rings (SSSR count). The van der Waals surface area contributed by atoms with Gasteiger partial charge in [0, 0.05) is 38.1 Å². The minimum Gasteiger partial charge on any atom is -0.484 e. The molecule has 0 aliphatic carbocycles. The van der Waals surface area contributed by atoms with Gasteiger partial charge in [-0.05, 0) is 57.0 Å². The van der Waals surface area contributed by atoms with Crippen LogP contribution in [0.25, 0.3) is 0 Å². The third-order valence-electron chi connectivity index (χ3n) is 6.13. The van der Waals surface area contributed by atoms with E-state index in [1.807, 2.05) is 30.3 Å². The van der Waals surface area contributed by atoms with Crippen molar-refractivity contribution in [2.75, 3.05) is 26.7 Å². The molecule has 0 radical (unpaired) electrons. The quantitative estimate of drug-likeness (QED) is 0.653. The molecular formula is C26H35N3O3. The standard InChI is InChI=1S/C26H35N3O3/c1-20(2)28(3)18-22-11-9-21(10-12-22)17-27-26(31)23-13-15-29(16-14-23)25(30)19-32-24-7-5-4-6-8-24/h4-12,20,23H,13-19H2,1-3H3,(H,27,31). The Hall–Kier alpha value is -2.86. The molecule has 1 heterocycles. The second kappa shape index (κ2) is 11.7. The van der Waals surface area contributed by atoms with Crippen molar-refractivity contribution in [2.45, 2.75) is 45.8 Å². The van der Waals surface area contributed by atoms with E-state index in [9.17, 15) is 9.59 Å². The lowest BCUT2D eigenvalue weighted by molar-refractivity contribution is -0.137. The second-order valence-electron chi connectivity index (χ2n) is 8.80. The van der Waals surface area contributed by atoms with Crippen molar-refractivity contribution < 1.29 is 14.3 Å². The summed E-state index contributed by atoms with van der Waals surface area (Å²) in [5.74, 6) is 0.681. The number of amides is 2. The van der Waals surface area contributed by atoms with Crippen molar-refractivity contribution in [1.82, 2.24) is 15.1 Å². The van der Waals surface area contributed by atoms with Crippen LogP contribution in [0.4, 0.5) is 0 Å². The molecule has 0 atom stereocenters. The number of hydrogen-bond acceptors (Lipinski definition) is 4. The summed E-state index contributed by atoms with van der Waals surface area (Å²) in [6, 6.07) is 18.3. The Morgan fingerprint density at radius 1 is 1.03 bits per heavy atom. The third kappa shape index (κ3) is 7.09. The smallest absolute Gasteiger partial charge is 0.260 e. The molecule has 1 saturated heterocycles. The van der Waals surface area contributed by atoms with E-state index in [-0.39, 0.29) is 24.3 Å². The number of nitrogens with zero attached hydrogens (tertiary/aromatic N) is 2. The Morgan fingerprint density at radius 2 is 1.66 bits per heavy atom. The molecule has 1 N–H and O–H groups in total. The molecule has 1 fully saturated rings. The lowest BCUT2D eigenvalue weighted by Crippen LogP contribution is -2.44. The van der Waals surface area contributed by atoms with E-state index in [1.54, 1.807) is 4.90 Å². The van der Waals surface area contributed by atoms with Crippen LogP contribution in [0.1, 0.15) is 37.8 Å². The summed E-state index contributed by atoms with van der Waals surface area (Å²) in [6.07, 6.45) is 1.37. The van der Waals surface area contributed by atoms with E-state index in [4.69, 9.17) is 4.74 Å². The van der Waals surface area contributed by atoms with E-state index in [0.717, 1.165) is 12.1 Å². The molecule has 1 aliphatic heterocycles. The Morgan fingerprint density at radius 3 is 2.28 bits per heavy atom. The fourth-order valence-corrected chi connectivity index (χ4v) is 3.71. The van der Waals surface area contributed by atoms with Gasteiger partial charge in [-0.3, -0.25) is 14.5 Å². The van der Waals surface area contributed by atoms with Crippen LogP contribution in [0.2, 0.25) is 0 Å². The van der Waals surface area contributed by atoms with Crippen LogP contribution < -0.4 is 10.1 Å². The number of benzene rings is 2. The molecule has 2 aromatic rings. The van der Waals surface area contributed by atoms with Gasteiger partial charge in [-0.15, -0.1) is 0 Å². The highest BCUT2D eigenvalue weighted by Crippen LogP contribution is 2.18. The zero-order chi connectivity index (χ0) is 22.9. The molecule has 0 aromatic heterocycles. The molecule has 2 amide bonds. The third-order valence-corrected chi connectivity index (χ3v) is 6.13. The van der Waals surface area contributed by atoms with Gasteiger partial charge in [0.05, 0.1) is 0 Å². The molecule has 172 valence electrons. The Bertz CT molecular complexity index is 860. The normalized spacial score (nSPS) is 14.6. The van der Waals surface area contributed by atoms with Gasteiger partial charge in [0.2, 0.25) is 5.91 Å². The van der Waals surface area contributed by atoms with E-state index < -0.39 is 0 Å². The molecule has 1 aliphatic rings. The Labute approximate surface area is 191 Å². The molecule has 32 heavy (non-hydrogen) atoms. The zero-order valence-electron chi connectivity index (χ0n) is 19.4. The number of ether oxygens (including phenoxy) is 1. The average molecular weight is 438 g/mol. The Balaban J connectivity index is 1.37. The van der Waals surface area contributed by atoms with E-state index >= 15 is 0 Å². The fraction of sp³-hybridized carbons (Fsp3) is 0.462. The van der Waals surface area contributed by atoms with Gasteiger partial charge in [-0.1, -0.05) is 42.5 Å². The molecular weight excluding hydrogens is 402 g/mol. The first-order valence-electron chi connectivity index (χ1n) is 11.4. The van der Waals surface area contributed by atoms with Crippen LogP contribution in [0, 0.1) is 5.92 Å². The summed E-state index contributed by atoms with van der Waals surface area (Å²) in [7, 11) is 2.12. The average Bonchev–Trinajstić information content (AvgIpc) is 2.82. The van der Waals surface area contributed by atoms with Crippen LogP contribution in [-0.2, 0) is 22.7 Å². The summed E-state index contributed by atoms with van der Waals surface area (Å²) in [4.78, 5) is 29.1. The first-order valence-corrected chi connectivity index (χ1v) is 11.4. The zero-order valence-corrected chi connectivity index (χ0v) is 19.4. The molecule has 0 bridgehead atoms. The van der Waals surface area contributed by atoms with Crippen LogP contribution in [-0.4, -0.2) is 54.4 Å². The first kappa shape index (κ1) is 23.8. The maximum absolute atomic E-state index is 12.6. The van der Waals surface area contributed by atoms with Gasteiger partial charge < -0.3 is 15.0 Å². The summed E-state index contributed by atoms with van der Waals surface area (Å²) < 4.78 is 5.55. The van der Waals surface area contributed by atoms with Crippen LogP contribution in [0.3, 0.4) is 0 Å². The minimum absolute atomic E-state index is 0.0316. The molecule has 6 nitrogen and oxygen atoms in total. The highest BCUT2D eigenvalue weighted by Gasteiger charge is 2.27. The van der Waals surface area contributed by atoms with E-state index in [0.29, 0.717) is 44.3 Å². The highest BCUT2D eigenvalue weighted by atomic mass is 16.5. The van der Waals surface area contributed by atoms with Crippen molar-refractivity contribution in [3.05, 3.63) is 65.7 Å². The molecule has 0 spiro atoms. The molecule has 6 heteroatoms. The first-order chi connectivity index (χ1) is 15.4. The number of para-hydroxylation sites is 1. The number of carbonyl (C=O) groups is 2. The number of hydrogen-bond donors (Lipinski definition) is 1. The van der Waals surface area contributed by atoms with Crippen molar-refractivity contribution >= 4 is 11.8 Å². The second-order valence-corrected chi connectivity index (χ2v) is 8.80. The largest absolute Gasteiger partial charge is 0.484 e. The van der Waals surface area contributed by atoms with Gasteiger partial charge in [-0.2, -0.15) is 0 Å². The van der Waals surface area contributed by atoms with Gasteiger partial charge in [-0.25, -0.2) is 0 Å². The predicted octanol–water partition coefficient (Wildman–Crippen LogP) is 3.46. The molecule has 2 aromatic carbocycles. The van der Waals surface area contributed by atoms with Crippen molar-refractivity contribution in [3.8, 4) is 5.75 Å². The van der Waals surface area contributed by atoms with Gasteiger partial charge in [0.25, 0.3) is 5.91 Å². The molecule has 0 unspecified atom stereocenters. The summed E-state index contributed by atoms with van der Waals surface area (Å²) in [6.45, 7) is 7.02. The van der Waals surface area contributed by atoms with Crippen LogP contribution in [0.15, 0.2) is 54.6 Å². The number of piperidine rings is 1. The van der Waals surface area contributed by atoms with Crippen molar-refractivity contribution in [3.63, 3.8) is 0 Å². The maximum atomic E-state index is 12.6. The predicted molar refractivity (Wildman–Crippen MR) is 126 cm³/mol. The van der Waals surface area contributed by atoms with Gasteiger partial charge >= 0.3 is 0 Å². The summed E-state index contributed by atoms with van der Waals surface area (Å²) >= 11 is 0. The van der Waals surface area contributed by atoms with Crippen LogP contribution in [0.5, 0.6) is 5.75 Å². The number of carbonyl (C=O) groups excluding carboxylic acids is 2. The lowest BCUT2D eigenvalue weighted by Gasteiger charge is -2.31. The number of likely N-dealkylation sites (tertiary alicyclic amines) is 1. The van der Waals surface area contributed by atoms with Crippen LogP contribution >= 0.6 is 0 Å². The minimum atomic E-state index is -0.0481. The van der Waals surface area contributed by atoms with E-state index in [2.05, 4.69) is 55.4 Å². The Kier molecular flexibility index (Phi) is 8.68. The number of rotatable bonds is 9. The van der Waals surface area contributed by atoms with Gasteiger partial charge in [0.15, 0.2) is 6.61 Å². The van der Waals surface area contributed by atoms with E-state index in [1.165, 1.54) is 5.56 Å². The summed E-state index contributed by atoms with van der Waals surface area (Å²) in [5.41, 5.74) is 2.37. The summed E-state index contributed by atoms with van der Waals surface area (Å²) in [5, 5.41) is 3.06. The number of nitrogens with one attached hydrogen (secondary N) is 1. The topological polar surface area (TPSA) is 61.9 Å². The van der Waals surface area contributed by atoms with Crippen molar-refractivity contribution in [2.24, 2.45) is 5.92 Å². The fourth-order valence-electron chi connectivity index (χ4n) is 3.71. The SMILES string of the molecule is CC(C)N(C)Cc1ccc(CNC(=O)C2CCN(C(=O)COc3ccccc3)CC2)cc1. The highest BCUT2D eigenvalue weighted by molar-refractivity contribution is 5.80. The monoisotopic (exact) mass is 437 g/mol. The molecule has 0 saturated carbocycles. The van der Waals surface area contributed by atoms with Crippen molar-refractivity contribution in [1.29, 1.82) is 0 Å². The lowest BCUT2D eigenvalue weighted by atomic mass is 9.95. The van der Waals surface area contributed by atoms with Gasteiger partial charge in [0.1, 0.15) is 5.75 Å².